The average molecular weight is 376 g/mol. The van der Waals surface area contributed by atoms with E-state index in [9.17, 15) is 4.79 Å². The highest BCUT2D eigenvalue weighted by molar-refractivity contribution is 5.82. The standard InChI is InChI=1S/C19H16N6O3/c1-11(26)28-25-18(13-4-3-9-21-17(13)20)24-16-8-7-15(23-19(16)25)14-6-5-12(27-2)10-22-14/h3-10H,1-2H3,(H2,20,21). The van der Waals surface area contributed by atoms with Crippen LogP contribution >= 0.6 is 0 Å². The maximum absolute atomic E-state index is 11.7. The number of rotatable bonds is 4. The summed E-state index contributed by atoms with van der Waals surface area (Å²) in [6.07, 6.45) is 3.18. The monoisotopic (exact) mass is 376 g/mol. The normalized spacial score (nSPS) is 10.8. The molecule has 140 valence electrons. The van der Waals surface area contributed by atoms with Crippen molar-refractivity contribution in [1.29, 1.82) is 0 Å². The Morgan fingerprint density at radius 1 is 1.07 bits per heavy atom. The molecule has 0 aliphatic carbocycles. The van der Waals surface area contributed by atoms with Crippen molar-refractivity contribution in [2.24, 2.45) is 0 Å². The molecular weight excluding hydrogens is 360 g/mol. The Bertz CT molecular complexity index is 1170. The van der Waals surface area contributed by atoms with Crippen LogP contribution in [0.25, 0.3) is 33.9 Å². The molecule has 0 aromatic carbocycles. The van der Waals surface area contributed by atoms with Crippen LogP contribution in [0.4, 0.5) is 5.82 Å². The van der Waals surface area contributed by atoms with Crippen LogP contribution in [0.3, 0.4) is 0 Å². The largest absolute Gasteiger partial charge is 0.495 e. The van der Waals surface area contributed by atoms with E-state index in [4.69, 9.17) is 15.3 Å². The molecule has 0 unspecified atom stereocenters. The molecule has 9 heteroatoms. The van der Waals surface area contributed by atoms with Gasteiger partial charge in [-0.3, -0.25) is 4.98 Å². The van der Waals surface area contributed by atoms with Gasteiger partial charge in [0.25, 0.3) is 0 Å². The van der Waals surface area contributed by atoms with Gasteiger partial charge in [0.2, 0.25) is 0 Å². The van der Waals surface area contributed by atoms with Crippen LogP contribution in [-0.4, -0.2) is 37.7 Å². The maximum atomic E-state index is 11.7. The summed E-state index contributed by atoms with van der Waals surface area (Å²) < 4.78 is 6.39. The van der Waals surface area contributed by atoms with Crippen molar-refractivity contribution >= 4 is 23.0 Å². The highest BCUT2D eigenvalue weighted by atomic mass is 16.7. The second-order valence-corrected chi connectivity index (χ2v) is 5.87. The molecule has 0 fully saturated rings. The molecular formula is C19H16N6O3. The first-order valence-corrected chi connectivity index (χ1v) is 8.36. The van der Waals surface area contributed by atoms with Crippen LogP contribution in [0, 0.1) is 0 Å². The van der Waals surface area contributed by atoms with Crippen LogP contribution in [0.2, 0.25) is 0 Å². The van der Waals surface area contributed by atoms with Gasteiger partial charge in [0.15, 0.2) is 11.5 Å². The van der Waals surface area contributed by atoms with Gasteiger partial charge in [-0.2, -0.15) is 0 Å². The van der Waals surface area contributed by atoms with E-state index in [0.717, 1.165) is 0 Å². The summed E-state index contributed by atoms with van der Waals surface area (Å²) in [6.45, 7) is 1.30. The molecule has 4 aromatic heterocycles. The number of aromatic nitrogens is 5. The van der Waals surface area contributed by atoms with E-state index in [-0.39, 0.29) is 5.82 Å². The highest BCUT2D eigenvalue weighted by Gasteiger charge is 2.19. The number of imidazole rings is 1. The van der Waals surface area contributed by atoms with Crippen molar-refractivity contribution in [3.05, 3.63) is 48.8 Å². The van der Waals surface area contributed by atoms with E-state index in [1.165, 1.54) is 11.7 Å². The van der Waals surface area contributed by atoms with E-state index in [1.54, 1.807) is 55.9 Å². The molecule has 0 atom stereocenters. The topological polar surface area (TPSA) is 118 Å². The molecule has 2 N–H and O–H groups in total. The van der Waals surface area contributed by atoms with Crippen molar-refractivity contribution in [3.8, 4) is 28.5 Å². The number of carbonyl (C=O) groups excluding carboxylic acids is 1. The van der Waals surface area contributed by atoms with Crippen molar-refractivity contribution in [3.63, 3.8) is 0 Å². The predicted molar refractivity (Wildman–Crippen MR) is 102 cm³/mol. The van der Waals surface area contributed by atoms with E-state index in [0.29, 0.717) is 39.7 Å². The zero-order valence-electron chi connectivity index (χ0n) is 15.2. The van der Waals surface area contributed by atoms with E-state index in [1.807, 2.05) is 0 Å². The highest BCUT2D eigenvalue weighted by Crippen LogP contribution is 2.28. The summed E-state index contributed by atoms with van der Waals surface area (Å²) in [7, 11) is 1.57. The summed E-state index contributed by atoms with van der Waals surface area (Å²) in [5, 5.41) is 0. The number of hydrogen-bond donors (Lipinski definition) is 1. The maximum Gasteiger partial charge on any atom is 0.330 e. The van der Waals surface area contributed by atoms with Gasteiger partial charge in [-0.1, -0.05) is 0 Å². The van der Waals surface area contributed by atoms with Crippen LogP contribution in [0.15, 0.2) is 48.8 Å². The van der Waals surface area contributed by atoms with Crippen molar-refractivity contribution in [2.75, 3.05) is 12.8 Å². The Morgan fingerprint density at radius 2 is 1.89 bits per heavy atom. The number of ether oxygens (including phenoxy) is 1. The van der Waals surface area contributed by atoms with Gasteiger partial charge in [-0.05, 0) is 36.4 Å². The number of methoxy groups -OCH3 is 1. The fourth-order valence-electron chi connectivity index (χ4n) is 2.72. The SMILES string of the molecule is COc1ccc(-c2ccc3nc(-c4cccnc4N)n(OC(C)=O)c3n2)nc1. The predicted octanol–water partition coefficient (Wildman–Crippen LogP) is 2.12. The molecule has 4 aromatic rings. The zero-order valence-corrected chi connectivity index (χ0v) is 15.2. The third kappa shape index (κ3) is 3.09. The lowest BCUT2D eigenvalue weighted by molar-refractivity contribution is -0.140. The Kier molecular flexibility index (Phi) is 4.32. The van der Waals surface area contributed by atoms with Gasteiger partial charge in [0.1, 0.15) is 17.1 Å². The molecule has 0 bridgehead atoms. The van der Waals surface area contributed by atoms with Crippen molar-refractivity contribution < 1.29 is 14.4 Å². The van der Waals surface area contributed by atoms with Crippen LogP contribution in [0.5, 0.6) is 5.75 Å². The molecule has 0 saturated heterocycles. The fraction of sp³-hybridized carbons (Fsp3) is 0.105. The Labute approximate surface area is 159 Å². The second-order valence-electron chi connectivity index (χ2n) is 5.87. The number of pyridine rings is 3. The minimum Gasteiger partial charge on any atom is -0.495 e. The first-order chi connectivity index (χ1) is 13.6. The number of anilines is 1. The lowest BCUT2D eigenvalue weighted by atomic mass is 10.2. The number of fused-ring (bicyclic) bond motifs is 1. The lowest BCUT2D eigenvalue weighted by Crippen LogP contribution is -2.18. The van der Waals surface area contributed by atoms with E-state index < -0.39 is 5.97 Å². The van der Waals surface area contributed by atoms with Gasteiger partial charge in [0.05, 0.1) is 30.3 Å². The molecule has 0 amide bonds. The molecule has 9 nitrogen and oxygen atoms in total. The number of nitrogen functional groups attached to an aromatic ring is 1. The third-order valence-corrected chi connectivity index (χ3v) is 4.00. The second kappa shape index (κ2) is 6.95. The Hall–Kier alpha value is -4.01. The van der Waals surface area contributed by atoms with Crippen LogP contribution in [0.1, 0.15) is 6.92 Å². The number of carbonyl (C=O) groups is 1. The smallest absolute Gasteiger partial charge is 0.330 e. The molecule has 0 spiro atoms. The lowest BCUT2D eigenvalue weighted by Gasteiger charge is -2.08. The first kappa shape index (κ1) is 17.4. The van der Waals surface area contributed by atoms with Crippen molar-refractivity contribution in [1.82, 2.24) is 24.7 Å². The quantitative estimate of drug-likeness (QED) is 0.575. The van der Waals surface area contributed by atoms with Crippen molar-refractivity contribution in [2.45, 2.75) is 6.92 Å². The summed E-state index contributed by atoms with van der Waals surface area (Å²) in [4.78, 5) is 34.6. The first-order valence-electron chi connectivity index (χ1n) is 8.36. The van der Waals surface area contributed by atoms with Gasteiger partial charge >= 0.3 is 5.97 Å². The molecule has 4 rings (SSSR count). The molecule has 0 saturated carbocycles. The number of nitrogens with zero attached hydrogens (tertiary/aromatic N) is 5. The van der Waals surface area contributed by atoms with Crippen LogP contribution < -0.4 is 15.3 Å². The summed E-state index contributed by atoms with van der Waals surface area (Å²) in [5.74, 6) is 0.730. The summed E-state index contributed by atoms with van der Waals surface area (Å²) in [5.41, 5.74) is 8.64. The van der Waals surface area contributed by atoms with E-state index in [2.05, 4.69) is 19.9 Å². The Morgan fingerprint density at radius 3 is 2.57 bits per heavy atom. The number of nitrogens with two attached hydrogens (primary N) is 1. The van der Waals surface area contributed by atoms with E-state index >= 15 is 0 Å². The van der Waals surface area contributed by atoms with Crippen LogP contribution in [-0.2, 0) is 4.79 Å². The van der Waals surface area contributed by atoms with Gasteiger partial charge in [-0.15, -0.1) is 4.73 Å². The average Bonchev–Trinajstić information content (AvgIpc) is 3.05. The molecule has 0 aliphatic heterocycles. The minimum absolute atomic E-state index is 0.267. The molecule has 0 radical (unpaired) electrons. The molecule has 4 heterocycles. The third-order valence-electron chi connectivity index (χ3n) is 4.00. The zero-order chi connectivity index (χ0) is 19.7. The molecule has 0 aliphatic rings. The molecule has 28 heavy (non-hydrogen) atoms. The summed E-state index contributed by atoms with van der Waals surface area (Å²) in [6, 6.07) is 10.6. The Balaban J connectivity index is 1.90. The van der Waals surface area contributed by atoms with Gasteiger partial charge in [0, 0.05) is 13.1 Å². The van der Waals surface area contributed by atoms with Gasteiger partial charge < -0.3 is 15.3 Å². The fourth-order valence-corrected chi connectivity index (χ4v) is 2.72. The number of hydrogen-bond acceptors (Lipinski definition) is 8. The van der Waals surface area contributed by atoms with Gasteiger partial charge in [-0.25, -0.2) is 19.7 Å². The summed E-state index contributed by atoms with van der Waals surface area (Å²) >= 11 is 0. The minimum atomic E-state index is -0.516.